The largest absolute Gasteiger partial charge is 0.340 e. The highest BCUT2D eigenvalue weighted by Crippen LogP contribution is 2.31. The number of carbonyl (C=O) groups excluding carboxylic acids is 1. The molecule has 1 amide bonds. The third kappa shape index (κ3) is 4.77. The number of aromatic amines is 1. The first-order chi connectivity index (χ1) is 16.1. The maximum atomic E-state index is 13.2. The average Bonchev–Trinajstić information content (AvgIpc) is 3.06. The molecule has 2 N–H and O–H groups in total. The number of nitrogens with zero attached hydrogens (tertiary/aromatic N) is 4. The van der Waals surface area contributed by atoms with Crippen molar-refractivity contribution >= 4 is 17.4 Å². The van der Waals surface area contributed by atoms with E-state index in [0.717, 1.165) is 85.0 Å². The predicted octanol–water partition coefficient (Wildman–Crippen LogP) is 4.85. The molecule has 0 radical (unpaired) electrons. The van der Waals surface area contributed by atoms with Gasteiger partial charge in [-0.25, -0.2) is 4.98 Å². The lowest BCUT2D eigenvalue weighted by Crippen LogP contribution is -2.38. The molecule has 0 saturated carbocycles. The molecule has 7 heteroatoms. The number of rotatable bonds is 4. The van der Waals surface area contributed by atoms with Gasteiger partial charge in [0.05, 0.1) is 0 Å². The van der Waals surface area contributed by atoms with Gasteiger partial charge in [0, 0.05) is 53.0 Å². The zero-order chi connectivity index (χ0) is 22.8. The van der Waals surface area contributed by atoms with Crippen LogP contribution < -0.4 is 5.32 Å². The van der Waals surface area contributed by atoms with Crippen molar-refractivity contribution in [3.05, 3.63) is 64.4 Å². The number of anilines is 2. The lowest BCUT2D eigenvalue weighted by molar-refractivity contribution is 0.0705. The van der Waals surface area contributed by atoms with E-state index in [1.165, 1.54) is 12.8 Å². The molecule has 3 aromatic heterocycles. The number of hydrogen-bond acceptors (Lipinski definition) is 5. The van der Waals surface area contributed by atoms with Gasteiger partial charge in [-0.1, -0.05) is 12.5 Å². The Morgan fingerprint density at radius 3 is 2.67 bits per heavy atom. The number of fused-ring (bicyclic) bond motifs is 1. The Morgan fingerprint density at radius 2 is 1.85 bits per heavy atom. The van der Waals surface area contributed by atoms with E-state index < -0.39 is 0 Å². The van der Waals surface area contributed by atoms with Crippen molar-refractivity contribution in [1.82, 2.24) is 25.1 Å². The predicted molar refractivity (Wildman–Crippen MR) is 129 cm³/mol. The summed E-state index contributed by atoms with van der Waals surface area (Å²) in [4.78, 5) is 24.6. The summed E-state index contributed by atoms with van der Waals surface area (Å²) in [6.07, 6.45) is 7.33. The van der Waals surface area contributed by atoms with Gasteiger partial charge in [0.2, 0.25) is 0 Å². The smallest absolute Gasteiger partial charge is 0.274 e. The minimum atomic E-state index is 0.0814. The molecular weight excluding hydrogens is 412 g/mol. The molecule has 0 spiro atoms. The quantitative estimate of drug-likeness (QED) is 0.562. The van der Waals surface area contributed by atoms with Crippen molar-refractivity contribution in [2.24, 2.45) is 0 Å². The van der Waals surface area contributed by atoms with Crippen LogP contribution in [0.3, 0.4) is 0 Å². The number of pyridine rings is 2. The van der Waals surface area contributed by atoms with Gasteiger partial charge in [0.25, 0.3) is 5.91 Å². The Hall–Kier alpha value is -3.22. The van der Waals surface area contributed by atoms with Crippen LogP contribution in [0.2, 0.25) is 0 Å². The SMILES string of the molecule is Cc1cccc(Nc2cc(C)nc(C3CCN(C(=O)c4n[nH]c5c4CCCCC5)CC3)c2)n1. The van der Waals surface area contributed by atoms with Gasteiger partial charge in [0.1, 0.15) is 5.82 Å². The van der Waals surface area contributed by atoms with Crippen molar-refractivity contribution in [2.45, 2.75) is 64.7 Å². The molecule has 4 heterocycles. The van der Waals surface area contributed by atoms with Gasteiger partial charge < -0.3 is 10.2 Å². The summed E-state index contributed by atoms with van der Waals surface area (Å²) >= 11 is 0. The lowest BCUT2D eigenvalue weighted by atomic mass is 9.92. The van der Waals surface area contributed by atoms with E-state index in [2.05, 4.69) is 32.6 Å². The Labute approximate surface area is 195 Å². The third-order valence-electron chi connectivity index (χ3n) is 6.84. The number of aryl methyl sites for hydroxylation is 3. The molecule has 1 aliphatic heterocycles. The van der Waals surface area contributed by atoms with Crippen LogP contribution in [0.5, 0.6) is 0 Å². The Bertz CT molecular complexity index is 1150. The zero-order valence-corrected chi connectivity index (χ0v) is 19.5. The van der Waals surface area contributed by atoms with Crippen LogP contribution in [0.1, 0.15) is 76.8 Å². The first kappa shape index (κ1) is 21.6. The zero-order valence-electron chi connectivity index (χ0n) is 19.5. The summed E-state index contributed by atoms with van der Waals surface area (Å²) < 4.78 is 0. The van der Waals surface area contributed by atoms with Gasteiger partial charge in [-0.05, 0) is 76.6 Å². The van der Waals surface area contributed by atoms with Crippen LogP contribution in [0.25, 0.3) is 0 Å². The van der Waals surface area contributed by atoms with Crippen molar-refractivity contribution < 1.29 is 4.79 Å². The van der Waals surface area contributed by atoms with E-state index in [4.69, 9.17) is 4.98 Å². The van der Waals surface area contributed by atoms with Crippen molar-refractivity contribution in [3.63, 3.8) is 0 Å². The molecule has 2 aliphatic rings. The second-order valence-electron chi connectivity index (χ2n) is 9.37. The normalized spacial score (nSPS) is 16.8. The number of piperidine rings is 1. The summed E-state index contributed by atoms with van der Waals surface area (Å²) in [6.45, 7) is 5.50. The van der Waals surface area contributed by atoms with Crippen molar-refractivity contribution in [3.8, 4) is 0 Å². The van der Waals surface area contributed by atoms with Crippen LogP contribution in [-0.2, 0) is 12.8 Å². The highest BCUT2D eigenvalue weighted by Gasteiger charge is 2.29. The standard InChI is InChI=1S/C26H32N6O/c1-17-7-6-10-24(28-17)29-20-15-18(2)27-23(16-20)19-11-13-32(14-12-19)26(33)25-21-8-4-3-5-9-22(21)30-31-25/h6-7,10,15-16,19H,3-5,8-9,11-14H2,1-2H3,(H,30,31)(H,27,28,29). The number of hydrogen-bond donors (Lipinski definition) is 2. The minimum absolute atomic E-state index is 0.0814. The maximum Gasteiger partial charge on any atom is 0.274 e. The van der Waals surface area contributed by atoms with E-state index >= 15 is 0 Å². The number of nitrogens with one attached hydrogen (secondary N) is 2. The van der Waals surface area contributed by atoms with Gasteiger partial charge in [-0.2, -0.15) is 5.10 Å². The van der Waals surface area contributed by atoms with Crippen LogP contribution in [0.15, 0.2) is 30.3 Å². The Morgan fingerprint density at radius 1 is 1.03 bits per heavy atom. The number of carbonyl (C=O) groups is 1. The summed E-state index contributed by atoms with van der Waals surface area (Å²) in [7, 11) is 0. The van der Waals surface area contributed by atoms with E-state index in [1.54, 1.807) is 0 Å². The molecule has 0 bridgehead atoms. The van der Waals surface area contributed by atoms with E-state index in [-0.39, 0.29) is 5.91 Å². The van der Waals surface area contributed by atoms with Crippen LogP contribution in [0, 0.1) is 13.8 Å². The summed E-state index contributed by atoms with van der Waals surface area (Å²) in [5.74, 6) is 1.26. The first-order valence-electron chi connectivity index (χ1n) is 12.1. The monoisotopic (exact) mass is 444 g/mol. The fraction of sp³-hybridized carbons (Fsp3) is 0.462. The molecule has 3 aromatic rings. The topological polar surface area (TPSA) is 86.8 Å². The van der Waals surface area contributed by atoms with Crippen molar-refractivity contribution in [1.29, 1.82) is 0 Å². The summed E-state index contributed by atoms with van der Waals surface area (Å²) in [6, 6.07) is 10.2. The number of amides is 1. The highest BCUT2D eigenvalue weighted by molar-refractivity contribution is 5.94. The Balaban J connectivity index is 1.26. The second kappa shape index (κ2) is 9.33. The van der Waals surface area contributed by atoms with E-state index in [9.17, 15) is 4.79 Å². The van der Waals surface area contributed by atoms with Crippen LogP contribution in [-0.4, -0.2) is 44.1 Å². The van der Waals surface area contributed by atoms with E-state index in [1.807, 2.05) is 36.9 Å². The second-order valence-corrected chi connectivity index (χ2v) is 9.37. The Kier molecular flexibility index (Phi) is 6.11. The molecule has 5 rings (SSSR count). The van der Waals surface area contributed by atoms with Gasteiger partial charge in [-0.15, -0.1) is 0 Å². The molecule has 1 saturated heterocycles. The summed E-state index contributed by atoms with van der Waals surface area (Å²) in [5.41, 5.74) is 7.03. The fourth-order valence-corrected chi connectivity index (χ4v) is 5.10. The number of likely N-dealkylation sites (tertiary alicyclic amines) is 1. The molecule has 172 valence electrons. The van der Waals surface area contributed by atoms with Crippen LogP contribution in [0.4, 0.5) is 11.5 Å². The fourth-order valence-electron chi connectivity index (χ4n) is 5.10. The van der Waals surface area contributed by atoms with Gasteiger partial charge in [-0.3, -0.25) is 14.9 Å². The van der Waals surface area contributed by atoms with Crippen LogP contribution >= 0.6 is 0 Å². The minimum Gasteiger partial charge on any atom is -0.340 e. The van der Waals surface area contributed by atoms with E-state index in [0.29, 0.717) is 11.6 Å². The number of aromatic nitrogens is 4. The molecule has 7 nitrogen and oxygen atoms in total. The maximum absolute atomic E-state index is 13.2. The molecule has 0 atom stereocenters. The lowest BCUT2D eigenvalue weighted by Gasteiger charge is -2.31. The molecule has 1 aliphatic carbocycles. The molecule has 0 aromatic carbocycles. The van der Waals surface area contributed by atoms with Gasteiger partial charge in [0.15, 0.2) is 5.69 Å². The first-order valence-corrected chi connectivity index (χ1v) is 12.1. The third-order valence-corrected chi connectivity index (χ3v) is 6.84. The molecular formula is C26H32N6O. The van der Waals surface area contributed by atoms with Crippen molar-refractivity contribution in [2.75, 3.05) is 18.4 Å². The summed E-state index contributed by atoms with van der Waals surface area (Å²) in [5, 5.41) is 11.0. The molecule has 0 unspecified atom stereocenters. The number of H-pyrrole nitrogens is 1. The average molecular weight is 445 g/mol. The molecule has 1 fully saturated rings. The highest BCUT2D eigenvalue weighted by atomic mass is 16.2. The van der Waals surface area contributed by atoms with Gasteiger partial charge >= 0.3 is 0 Å². The molecule has 33 heavy (non-hydrogen) atoms.